The number of aromatic nitrogens is 1. The van der Waals surface area contributed by atoms with Gasteiger partial charge in [0.2, 0.25) is 0 Å². The summed E-state index contributed by atoms with van der Waals surface area (Å²) in [5.74, 6) is 0.635. The summed E-state index contributed by atoms with van der Waals surface area (Å²) in [4.78, 5) is 21.4. The Bertz CT molecular complexity index is 933. The molecular formula is C24H26N4O. The maximum absolute atomic E-state index is 12.6. The van der Waals surface area contributed by atoms with E-state index < -0.39 is 0 Å². The number of anilines is 4. The molecule has 4 rings (SSSR count). The molecule has 0 unspecified atom stereocenters. The Morgan fingerprint density at radius 2 is 1.66 bits per heavy atom. The number of para-hydroxylation sites is 1. The van der Waals surface area contributed by atoms with Crippen molar-refractivity contribution in [1.29, 1.82) is 0 Å². The predicted molar refractivity (Wildman–Crippen MR) is 119 cm³/mol. The van der Waals surface area contributed by atoms with Crippen LogP contribution in [0.1, 0.15) is 29.6 Å². The number of carbonyl (C=O) groups is 1. The van der Waals surface area contributed by atoms with E-state index >= 15 is 0 Å². The molecule has 148 valence electrons. The van der Waals surface area contributed by atoms with Crippen LogP contribution in [0.4, 0.5) is 22.9 Å². The van der Waals surface area contributed by atoms with E-state index in [1.54, 1.807) is 12.3 Å². The van der Waals surface area contributed by atoms with Crippen LogP contribution < -0.4 is 15.1 Å². The highest BCUT2D eigenvalue weighted by molar-refractivity contribution is 6.04. The van der Waals surface area contributed by atoms with Gasteiger partial charge in [0, 0.05) is 43.4 Å². The summed E-state index contributed by atoms with van der Waals surface area (Å²) >= 11 is 0. The summed E-state index contributed by atoms with van der Waals surface area (Å²) in [5.41, 5.74) is 3.60. The average molecular weight is 386 g/mol. The molecule has 1 N–H and O–H groups in total. The van der Waals surface area contributed by atoms with Crippen molar-refractivity contribution in [2.45, 2.75) is 19.3 Å². The topological polar surface area (TPSA) is 48.5 Å². The van der Waals surface area contributed by atoms with E-state index in [9.17, 15) is 4.79 Å². The first-order valence-electron chi connectivity index (χ1n) is 10.1. The number of nitrogens with one attached hydrogen (secondary N) is 1. The molecule has 0 atom stereocenters. The molecule has 0 spiro atoms. The second kappa shape index (κ2) is 8.78. The predicted octanol–water partition coefficient (Wildman–Crippen LogP) is 5.09. The van der Waals surface area contributed by atoms with Gasteiger partial charge in [-0.15, -0.1) is 0 Å². The summed E-state index contributed by atoms with van der Waals surface area (Å²) in [5, 5.41) is 2.96. The van der Waals surface area contributed by atoms with Crippen LogP contribution in [0.25, 0.3) is 0 Å². The number of carbonyl (C=O) groups excluding carboxylic acids is 1. The first-order valence-corrected chi connectivity index (χ1v) is 10.1. The number of hydrogen-bond acceptors (Lipinski definition) is 4. The van der Waals surface area contributed by atoms with Crippen molar-refractivity contribution in [2.75, 3.05) is 35.3 Å². The fraction of sp³-hybridized carbons (Fsp3) is 0.250. The van der Waals surface area contributed by atoms with Gasteiger partial charge in [-0.25, -0.2) is 4.98 Å². The van der Waals surface area contributed by atoms with Gasteiger partial charge in [0.25, 0.3) is 5.91 Å². The van der Waals surface area contributed by atoms with Crippen molar-refractivity contribution in [3.05, 3.63) is 78.5 Å². The van der Waals surface area contributed by atoms with Crippen LogP contribution in [0.15, 0.2) is 72.9 Å². The first kappa shape index (κ1) is 19.0. The van der Waals surface area contributed by atoms with Gasteiger partial charge in [-0.1, -0.05) is 18.2 Å². The van der Waals surface area contributed by atoms with Crippen LogP contribution >= 0.6 is 0 Å². The summed E-state index contributed by atoms with van der Waals surface area (Å²) in [6.07, 6.45) is 5.44. The molecule has 2 aromatic carbocycles. The lowest BCUT2D eigenvalue weighted by Gasteiger charge is -2.28. The van der Waals surface area contributed by atoms with Gasteiger partial charge in [-0.05, 0) is 67.8 Å². The Morgan fingerprint density at radius 3 is 2.31 bits per heavy atom. The smallest absolute Gasteiger partial charge is 0.257 e. The summed E-state index contributed by atoms with van der Waals surface area (Å²) < 4.78 is 0. The number of rotatable bonds is 5. The zero-order chi connectivity index (χ0) is 20.1. The Kier molecular flexibility index (Phi) is 5.75. The van der Waals surface area contributed by atoms with Crippen LogP contribution in [-0.4, -0.2) is 31.0 Å². The molecule has 1 fully saturated rings. The summed E-state index contributed by atoms with van der Waals surface area (Å²) in [6, 6.07) is 21.8. The van der Waals surface area contributed by atoms with Crippen molar-refractivity contribution in [3.63, 3.8) is 0 Å². The molecule has 1 aliphatic heterocycles. The summed E-state index contributed by atoms with van der Waals surface area (Å²) in [7, 11) is 1.96. The minimum Gasteiger partial charge on any atom is -0.372 e. The quantitative estimate of drug-likeness (QED) is 0.663. The third-order valence-electron chi connectivity index (χ3n) is 5.34. The molecular weight excluding hydrogens is 360 g/mol. The Labute approximate surface area is 172 Å². The maximum Gasteiger partial charge on any atom is 0.257 e. The summed E-state index contributed by atoms with van der Waals surface area (Å²) in [6.45, 7) is 2.22. The van der Waals surface area contributed by atoms with E-state index in [0.717, 1.165) is 30.3 Å². The number of nitrogens with zero attached hydrogens (tertiary/aromatic N) is 3. The SMILES string of the molecule is CN(c1ccccc1)c1ccc(C(=O)Nc2ccc(N3CCCCC3)cc2)cn1. The Balaban J connectivity index is 1.39. The molecule has 1 amide bonds. The second-order valence-electron chi connectivity index (χ2n) is 7.35. The van der Waals surface area contributed by atoms with Crippen molar-refractivity contribution in [2.24, 2.45) is 0 Å². The number of hydrogen-bond donors (Lipinski definition) is 1. The van der Waals surface area contributed by atoms with Crippen LogP contribution in [0, 0.1) is 0 Å². The third-order valence-corrected chi connectivity index (χ3v) is 5.34. The lowest BCUT2D eigenvalue weighted by atomic mass is 10.1. The molecule has 1 saturated heterocycles. The third kappa shape index (κ3) is 4.57. The Hall–Kier alpha value is -3.34. The molecule has 5 nitrogen and oxygen atoms in total. The monoisotopic (exact) mass is 386 g/mol. The first-order chi connectivity index (χ1) is 14.2. The largest absolute Gasteiger partial charge is 0.372 e. The Morgan fingerprint density at radius 1 is 0.931 bits per heavy atom. The van der Waals surface area contributed by atoms with Gasteiger partial charge >= 0.3 is 0 Å². The molecule has 0 saturated carbocycles. The highest BCUT2D eigenvalue weighted by atomic mass is 16.1. The van der Waals surface area contributed by atoms with E-state index in [0.29, 0.717) is 5.56 Å². The highest BCUT2D eigenvalue weighted by Crippen LogP contribution is 2.23. The normalized spacial score (nSPS) is 13.8. The van der Waals surface area contributed by atoms with Crippen molar-refractivity contribution in [3.8, 4) is 0 Å². The fourth-order valence-corrected chi connectivity index (χ4v) is 3.61. The minimum absolute atomic E-state index is 0.155. The van der Waals surface area contributed by atoms with Gasteiger partial charge in [-0.3, -0.25) is 4.79 Å². The minimum atomic E-state index is -0.155. The van der Waals surface area contributed by atoms with Gasteiger partial charge in [0.05, 0.1) is 5.56 Å². The molecule has 0 aliphatic carbocycles. The molecule has 2 heterocycles. The lowest BCUT2D eigenvalue weighted by Crippen LogP contribution is -2.29. The zero-order valence-electron chi connectivity index (χ0n) is 16.7. The van der Waals surface area contributed by atoms with Crippen molar-refractivity contribution in [1.82, 2.24) is 4.98 Å². The number of pyridine rings is 1. The number of benzene rings is 2. The maximum atomic E-state index is 12.6. The lowest BCUT2D eigenvalue weighted by molar-refractivity contribution is 0.102. The standard InChI is InChI=1S/C24H26N4O/c1-27(21-8-4-2-5-9-21)23-15-10-19(18-25-23)24(29)26-20-11-13-22(14-12-20)28-16-6-3-7-17-28/h2,4-5,8-15,18H,3,6-7,16-17H2,1H3,(H,26,29). The molecule has 29 heavy (non-hydrogen) atoms. The number of amides is 1. The molecule has 1 aromatic heterocycles. The molecule has 0 radical (unpaired) electrons. The van der Waals surface area contributed by atoms with Gasteiger partial charge < -0.3 is 15.1 Å². The van der Waals surface area contributed by atoms with Crippen LogP contribution in [-0.2, 0) is 0 Å². The zero-order valence-corrected chi connectivity index (χ0v) is 16.7. The van der Waals surface area contributed by atoms with Gasteiger partial charge in [-0.2, -0.15) is 0 Å². The van der Waals surface area contributed by atoms with Gasteiger partial charge in [0.1, 0.15) is 5.82 Å². The molecule has 1 aliphatic rings. The average Bonchev–Trinajstić information content (AvgIpc) is 2.80. The van der Waals surface area contributed by atoms with E-state index in [1.807, 2.05) is 60.5 Å². The molecule has 3 aromatic rings. The van der Waals surface area contributed by atoms with E-state index in [1.165, 1.54) is 24.9 Å². The molecule has 5 heteroatoms. The number of piperidine rings is 1. The van der Waals surface area contributed by atoms with Gasteiger partial charge in [0.15, 0.2) is 0 Å². The molecule has 0 bridgehead atoms. The highest BCUT2D eigenvalue weighted by Gasteiger charge is 2.12. The fourth-order valence-electron chi connectivity index (χ4n) is 3.61. The van der Waals surface area contributed by atoms with Crippen LogP contribution in [0.3, 0.4) is 0 Å². The van der Waals surface area contributed by atoms with Crippen molar-refractivity contribution < 1.29 is 4.79 Å². The van der Waals surface area contributed by atoms with Crippen LogP contribution in [0.2, 0.25) is 0 Å². The van der Waals surface area contributed by atoms with E-state index in [2.05, 4.69) is 27.3 Å². The second-order valence-corrected chi connectivity index (χ2v) is 7.35. The van der Waals surface area contributed by atoms with Crippen LogP contribution in [0.5, 0.6) is 0 Å². The van der Waals surface area contributed by atoms with Crippen molar-refractivity contribution >= 4 is 28.8 Å². The van der Waals surface area contributed by atoms with E-state index in [4.69, 9.17) is 0 Å². The van der Waals surface area contributed by atoms with E-state index in [-0.39, 0.29) is 5.91 Å².